The van der Waals surface area contributed by atoms with Gasteiger partial charge in [-0.3, -0.25) is 9.52 Å². The maximum absolute atomic E-state index is 12.8. The number of amides is 1. The summed E-state index contributed by atoms with van der Waals surface area (Å²) in [6.45, 7) is 5.71. The number of carbonyl (C=O) groups excluding carboxylic acids is 1. The summed E-state index contributed by atoms with van der Waals surface area (Å²) in [5.41, 5.74) is 4.49. The molecule has 3 aromatic carbocycles. The normalized spacial score (nSPS) is 15.3. The lowest BCUT2D eigenvalue weighted by Gasteiger charge is -2.22. The number of benzene rings is 3. The minimum Gasteiger partial charge on any atom is -0.484 e. The van der Waals surface area contributed by atoms with Gasteiger partial charge in [-0.25, -0.2) is 8.42 Å². The molecule has 1 atom stereocenters. The number of nitrogens with zero attached hydrogens (tertiary/aromatic N) is 1. The number of hydrogen-bond donors (Lipinski definition) is 1. The van der Waals surface area contributed by atoms with Crippen LogP contribution < -0.4 is 14.4 Å². The maximum atomic E-state index is 12.8. The molecule has 3 aromatic rings. The Labute approximate surface area is 202 Å². The van der Waals surface area contributed by atoms with Crippen molar-refractivity contribution in [2.75, 3.05) is 16.2 Å². The van der Waals surface area contributed by atoms with Crippen molar-refractivity contribution in [1.29, 1.82) is 0 Å². The summed E-state index contributed by atoms with van der Waals surface area (Å²) in [6, 6.07) is 17.5. The molecule has 0 spiro atoms. The second-order valence-corrected chi connectivity index (χ2v) is 10.9. The fourth-order valence-electron chi connectivity index (χ4n) is 4.16. The Morgan fingerprint density at radius 1 is 1.06 bits per heavy atom. The molecule has 0 aliphatic carbocycles. The number of aryl methyl sites for hydroxylation is 2. The first kappa shape index (κ1) is 23.3. The van der Waals surface area contributed by atoms with E-state index in [1.807, 2.05) is 45.0 Å². The molecule has 6 nitrogen and oxygen atoms in total. The molecule has 172 valence electrons. The predicted octanol–water partition coefficient (Wildman–Crippen LogP) is 5.22. The molecule has 0 bridgehead atoms. The van der Waals surface area contributed by atoms with E-state index in [0.717, 1.165) is 33.3 Å². The topological polar surface area (TPSA) is 75.7 Å². The summed E-state index contributed by atoms with van der Waals surface area (Å²) >= 11 is 3.47. The molecule has 0 unspecified atom stereocenters. The molecule has 4 rings (SSSR count). The van der Waals surface area contributed by atoms with E-state index in [2.05, 4.69) is 20.7 Å². The Kier molecular flexibility index (Phi) is 6.50. The smallest absolute Gasteiger partial charge is 0.265 e. The van der Waals surface area contributed by atoms with Gasteiger partial charge >= 0.3 is 0 Å². The fourth-order valence-corrected chi connectivity index (χ4v) is 5.61. The van der Waals surface area contributed by atoms with Crippen molar-refractivity contribution in [3.8, 4) is 5.75 Å². The van der Waals surface area contributed by atoms with Crippen LogP contribution in [-0.4, -0.2) is 27.0 Å². The van der Waals surface area contributed by atoms with Gasteiger partial charge in [0.1, 0.15) is 5.75 Å². The van der Waals surface area contributed by atoms with Gasteiger partial charge in [-0.05, 0) is 98.5 Å². The third-order valence-electron chi connectivity index (χ3n) is 5.50. The molecule has 1 amide bonds. The van der Waals surface area contributed by atoms with Gasteiger partial charge in [-0.2, -0.15) is 0 Å². The Morgan fingerprint density at radius 3 is 2.39 bits per heavy atom. The summed E-state index contributed by atoms with van der Waals surface area (Å²) < 4.78 is 34.7. The summed E-state index contributed by atoms with van der Waals surface area (Å²) in [4.78, 5) is 14.7. The van der Waals surface area contributed by atoms with Crippen LogP contribution in [0.5, 0.6) is 5.75 Å². The molecule has 1 N–H and O–H groups in total. The van der Waals surface area contributed by atoms with Crippen LogP contribution in [-0.2, 0) is 21.2 Å². The molecule has 33 heavy (non-hydrogen) atoms. The highest BCUT2D eigenvalue weighted by Crippen LogP contribution is 2.34. The van der Waals surface area contributed by atoms with Crippen LogP contribution in [0.15, 0.2) is 70.0 Å². The van der Waals surface area contributed by atoms with E-state index in [1.54, 1.807) is 29.2 Å². The maximum Gasteiger partial charge on any atom is 0.265 e. The van der Waals surface area contributed by atoms with Crippen LogP contribution in [0.1, 0.15) is 23.6 Å². The molecule has 0 saturated carbocycles. The van der Waals surface area contributed by atoms with Crippen LogP contribution in [0.4, 0.5) is 11.4 Å². The SMILES string of the molecule is Cc1cc(C)cc(NS(=O)(=O)c2ccc(OCC(=O)N3c4ccc(Br)cc4C[C@H]3C)cc2)c1. The first-order valence-electron chi connectivity index (χ1n) is 10.6. The number of hydrogen-bond acceptors (Lipinski definition) is 4. The summed E-state index contributed by atoms with van der Waals surface area (Å²) in [6.07, 6.45) is 0.792. The monoisotopic (exact) mass is 528 g/mol. The Morgan fingerprint density at radius 2 is 1.73 bits per heavy atom. The average Bonchev–Trinajstić information content (AvgIpc) is 3.06. The van der Waals surface area contributed by atoms with Crippen molar-refractivity contribution in [1.82, 2.24) is 0 Å². The van der Waals surface area contributed by atoms with Crippen molar-refractivity contribution in [3.05, 3.63) is 81.8 Å². The molecule has 1 heterocycles. The number of nitrogens with one attached hydrogen (secondary N) is 1. The first-order valence-corrected chi connectivity index (χ1v) is 12.8. The van der Waals surface area contributed by atoms with Gasteiger partial charge in [-0.1, -0.05) is 22.0 Å². The van der Waals surface area contributed by atoms with Gasteiger partial charge in [-0.15, -0.1) is 0 Å². The molecule has 0 fully saturated rings. The highest BCUT2D eigenvalue weighted by molar-refractivity contribution is 9.10. The van der Waals surface area contributed by atoms with Gasteiger partial charge in [0.2, 0.25) is 0 Å². The van der Waals surface area contributed by atoms with Gasteiger partial charge < -0.3 is 9.64 Å². The van der Waals surface area contributed by atoms with Gasteiger partial charge in [0.15, 0.2) is 6.61 Å². The van der Waals surface area contributed by atoms with Crippen LogP contribution >= 0.6 is 15.9 Å². The van der Waals surface area contributed by atoms with Gasteiger partial charge in [0, 0.05) is 21.9 Å². The van der Waals surface area contributed by atoms with E-state index in [0.29, 0.717) is 11.4 Å². The number of carbonyl (C=O) groups is 1. The number of halogens is 1. The number of ether oxygens (including phenoxy) is 1. The van der Waals surface area contributed by atoms with Crippen LogP contribution in [0.25, 0.3) is 0 Å². The zero-order valence-corrected chi connectivity index (χ0v) is 21.0. The standard InChI is InChI=1S/C25H25BrN2O4S/c1-16-10-17(2)12-21(11-16)27-33(30,31)23-7-5-22(6-8-23)32-15-25(29)28-18(3)13-19-14-20(26)4-9-24(19)28/h4-12,14,18,27H,13,15H2,1-3H3/t18-/m1/s1. The summed E-state index contributed by atoms with van der Waals surface area (Å²) in [5.74, 6) is 0.285. The second kappa shape index (κ2) is 9.19. The third-order valence-corrected chi connectivity index (χ3v) is 7.39. The minimum absolute atomic E-state index is 0.0502. The lowest BCUT2D eigenvalue weighted by molar-refractivity contribution is -0.120. The van der Waals surface area contributed by atoms with Crippen LogP contribution in [0.3, 0.4) is 0 Å². The average molecular weight is 529 g/mol. The van der Waals surface area contributed by atoms with Crippen molar-refractivity contribution in [2.45, 2.75) is 38.1 Å². The fraction of sp³-hybridized carbons (Fsp3) is 0.240. The molecular weight excluding hydrogens is 504 g/mol. The zero-order chi connectivity index (χ0) is 23.8. The Balaban J connectivity index is 1.41. The van der Waals surface area contributed by atoms with E-state index >= 15 is 0 Å². The second-order valence-electron chi connectivity index (χ2n) is 8.33. The van der Waals surface area contributed by atoms with Crippen molar-refractivity contribution in [2.24, 2.45) is 0 Å². The van der Waals surface area contributed by atoms with E-state index in [-0.39, 0.29) is 23.5 Å². The van der Waals surface area contributed by atoms with E-state index in [9.17, 15) is 13.2 Å². The van der Waals surface area contributed by atoms with Gasteiger partial charge in [0.25, 0.3) is 15.9 Å². The Bertz CT molecular complexity index is 1290. The van der Waals surface area contributed by atoms with Crippen molar-refractivity contribution >= 4 is 43.2 Å². The highest BCUT2D eigenvalue weighted by atomic mass is 79.9. The molecule has 0 aromatic heterocycles. The van der Waals surface area contributed by atoms with Crippen molar-refractivity contribution < 1.29 is 17.9 Å². The molecular formula is C25H25BrN2O4S. The summed E-state index contributed by atoms with van der Waals surface area (Å²) in [5, 5.41) is 0. The minimum atomic E-state index is -3.74. The molecule has 0 saturated heterocycles. The molecule has 8 heteroatoms. The zero-order valence-electron chi connectivity index (χ0n) is 18.6. The van der Waals surface area contributed by atoms with Crippen LogP contribution in [0.2, 0.25) is 0 Å². The number of sulfonamides is 1. The first-order chi connectivity index (χ1) is 15.6. The lowest BCUT2D eigenvalue weighted by atomic mass is 10.1. The molecule has 1 aliphatic heterocycles. The van der Waals surface area contributed by atoms with E-state index < -0.39 is 10.0 Å². The quantitative estimate of drug-likeness (QED) is 0.475. The third kappa shape index (κ3) is 5.23. The van der Waals surface area contributed by atoms with E-state index in [1.165, 1.54) is 12.1 Å². The van der Waals surface area contributed by atoms with Crippen molar-refractivity contribution in [3.63, 3.8) is 0 Å². The largest absolute Gasteiger partial charge is 0.484 e. The number of rotatable bonds is 6. The lowest BCUT2D eigenvalue weighted by Crippen LogP contribution is -2.39. The summed E-state index contributed by atoms with van der Waals surface area (Å²) in [7, 11) is -3.74. The van der Waals surface area contributed by atoms with Gasteiger partial charge in [0.05, 0.1) is 4.90 Å². The number of fused-ring (bicyclic) bond motifs is 1. The predicted molar refractivity (Wildman–Crippen MR) is 133 cm³/mol. The highest BCUT2D eigenvalue weighted by Gasteiger charge is 2.31. The Hall–Kier alpha value is -2.84. The number of anilines is 2. The van der Waals surface area contributed by atoms with Crippen LogP contribution in [0, 0.1) is 13.8 Å². The van der Waals surface area contributed by atoms with E-state index in [4.69, 9.17) is 4.74 Å². The molecule has 1 aliphatic rings. The molecule has 0 radical (unpaired) electrons.